The van der Waals surface area contributed by atoms with Crippen LogP contribution in [0.3, 0.4) is 0 Å². The lowest BCUT2D eigenvalue weighted by atomic mass is 10.1. The average Bonchev–Trinajstić information content (AvgIpc) is 3.33. The summed E-state index contributed by atoms with van der Waals surface area (Å²) in [5, 5.41) is 2.81. The first-order valence-corrected chi connectivity index (χ1v) is 9.91. The predicted molar refractivity (Wildman–Crippen MR) is 106 cm³/mol. The molecule has 2 amide bonds. The number of furan rings is 1. The molecule has 0 radical (unpaired) electrons. The number of halogens is 1. The SMILES string of the molecule is Cc1cc(C(=O)N(CCC(=O)NCc2ccc(F)cc2)C[C@@H]2CCCO2)c(C)o1. The van der Waals surface area contributed by atoms with E-state index in [0.717, 1.165) is 18.4 Å². The first-order chi connectivity index (χ1) is 13.9. The fourth-order valence-electron chi connectivity index (χ4n) is 3.45. The van der Waals surface area contributed by atoms with Gasteiger partial charge in [0.05, 0.1) is 11.7 Å². The summed E-state index contributed by atoms with van der Waals surface area (Å²) < 4.78 is 24.1. The van der Waals surface area contributed by atoms with E-state index in [4.69, 9.17) is 9.15 Å². The van der Waals surface area contributed by atoms with Crippen molar-refractivity contribution in [3.05, 3.63) is 58.8 Å². The van der Waals surface area contributed by atoms with Crippen LogP contribution in [0.2, 0.25) is 0 Å². The van der Waals surface area contributed by atoms with Crippen molar-refractivity contribution in [2.45, 2.75) is 45.8 Å². The number of ether oxygens (including phenoxy) is 1. The highest BCUT2D eigenvalue weighted by molar-refractivity contribution is 5.95. The normalized spacial score (nSPS) is 16.0. The second kappa shape index (κ2) is 9.69. The van der Waals surface area contributed by atoms with Crippen LogP contribution in [0, 0.1) is 19.7 Å². The Morgan fingerprint density at radius 3 is 2.62 bits per heavy atom. The molecule has 1 saturated heterocycles. The molecule has 156 valence electrons. The molecular formula is C22H27FN2O4. The minimum absolute atomic E-state index is 0.00506. The summed E-state index contributed by atoms with van der Waals surface area (Å²) in [6, 6.07) is 7.71. The minimum atomic E-state index is -0.312. The topological polar surface area (TPSA) is 71.8 Å². The van der Waals surface area contributed by atoms with Crippen LogP contribution >= 0.6 is 0 Å². The number of carbonyl (C=O) groups excluding carboxylic acids is 2. The maximum atomic E-state index is 13.0. The van der Waals surface area contributed by atoms with Crippen molar-refractivity contribution in [3.8, 4) is 0 Å². The van der Waals surface area contributed by atoms with Gasteiger partial charge in [-0.1, -0.05) is 12.1 Å². The van der Waals surface area contributed by atoms with E-state index in [9.17, 15) is 14.0 Å². The third kappa shape index (κ3) is 5.90. The van der Waals surface area contributed by atoms with Gasteiger partial charge in [-0.2, -0.15) is 0 Å². The molecule has 1 aliphatic heterocycles. The van der Waals surface area contributed by atoms with Crippen molar-refractivity contribution < 1.29 is 23.1 Å². The van der Waals surface area contributed by atoms with Crippen LogP contribution in [0.25, 0.3) is 0 Å². The van der Waals surface area contributed by atoms with Gasteiger partial charge in [0.2, 0.25) is 5.91 Å². The van der Waals surface area contributed by atoms with Crippen LogP contribution in [0.5, 0.6) is 0 Å². The highest BCUT2D eigenvalue weighted by Crippen LogP contribution is 2.19. The minimum Gasteiger partial charge on any atom is -0.466 e. The van der Waals surface area contributed by atoms with E-state index in [-0.39, 0.29) is 36.7 Å². The lowest BCUT2D eigenvalue weighted by molar-refractivity contribution is -0.121. The molecule has 0 bridgehead atoms. The Labute approximate surface area is 170 Å². The maximum Gasteiger partial charge on any atom is 0.257 e. The van der Waals surface area contributed by atoms with Gasteiger partial charge in [0.15, 0.2) is 0 Å². The quantitative estimate of drug-likeness (QED) is 0.735. The Morgan fingerprint density at radius 2 is 2.00 bits per heavy atom. The molecule has 7 heteroatoms. The zero-order chi connectivity index (χ0) is 20.8. The van der Waals surface area contributed by atoms with Gasteiger partial charge in [0, 0.05) is 32.7 Å². The number of carbonyl (C=O) groups is 2. The molecule has 1 aliphatic rings. The third-order valence-corrected chi connectivity index (χ3v) is 5.02. The number of nitrogens with zero attached hydrogens (tertiary/aromatic N) is 1. The van der Waals surface area contributed by atoms with Crippen LogP contribution in [0.1, 0.15) is 46.7 Å². The highest BCUT2D eigenvalue weighted by atomic mass is 19.1. The summed E-state index contributed by atoms with van der Waals surface area (Å²) in [6.45, 7) is 5.33. The zero-order valence-electron chi connectivity index (χ0n) is 16.9. The molecule has 0 saturated carbocycles. The molecule has 0 aliphatic carbocycles. The Balaban J connectivity index is 1.58. The summed E-state index contributed by atoms with van der Waals surface area (Å²) in [4.78, 5) is 27.0. The van der Waals surface area contributed by atoms with E-state index >= 15 is 0 Å². The van der Waals surface area contributed by atoms with Crippen LogP contribution in [0.4, 0.5) is 4.39 Å². The molecule has 29 heavy (non-hydrogen) atoms. The van der Waals surface area contributed by atoms with Gasteiger partial charge in [0.1, 0.15) is 17.3 Å². The Morgan fingerprint density at radius 1 is 1.24 bits per heavy atom. The second-order valence-corrected chi connectivity index (χ2v) is 7.37. The van der Waals surface area contributed by atoms with Crippen LogP contribution in [0.15, 0.2) is 34.7 Å². The zero-order valence-corrected chi connectivity index (χ0v) is 16.9. The standard InChI is InChI=1S/C22H27FN2O4/c1-15-12-20(16(2)29-15)22(27)25(14-19-4-3-11-28-19)10-9-21(26)24-13-17-5-7-18(23)8-6-17/h5-8,12,19H,3-4,9-11,13-14H2,1-2H3,(H,24,26)/t19-/m0/s1. The van der Waals surface area contributed by atoms with Crippen molar-refractivity contribution in [2.75, 3.05) is 19.7 Å². The number of amides is 2. The summed E-state index contributed by atoms with van der Waals surface area (Å²) in [5.74, 6) is 0.624. The number of hydrogen-bond acceptors (Lipinski definition) is 4. The number of rotatable bonds is 8. The fraction of sp³-hybridized carbons (Fsp3) is 0.455. The van der Waals surface area contributed by atoms with E-state index in [2.05, 4.69) is 5.32 Å². The molecule has 1 aromatic carbocycles. The monoisotopic (exact) mass is 402 g/mol. The lowest BCUT2D eigenvalue weighted by Crippen LogP contribution is -2.40. The highest BCUT2D eigenvalue weighted by Gasteiger charge is 2.26. The van der Waals surface area contributed by atoms with Crippen molar-refractivity contribution in [3.63, 3.8) is 0 Å². The molecule has 1 N–H and O–H groups in total. The van der Waals surface area contributed by atoms with Crippen LogP contribution in [-0.4, -0.2) is 42.5 Å². The summed E-state index contributed by atoms with van der Waals surface area (Å²) in [5.41, 5.74) is 1.34. The molecule has 1 aromatic heterocycles. The first-order valence-electron chi connectivity index (χ1n) is 9.91. The molecule has 6 nitrogen and oxygen atoms in total. The molecule has 0 unspecified atom stereocenters. The van der Waals surface area contributed by atoms with E-state index in [1.165, 1.54) is 12.1 Å². The van der Waals surface area contributed by atoms with Crippen LogP contribution in [-0.2, 0) is 16.1 Å². The summed E-state index contributed by atoms with van der Waals surface area (Å²) >= 11 is 0. The largest absolute Gasteiger partial charge is 0.466 e. The summed E-state index contributed by atoms with van der Waals surface area (Å²) in [6.07, 6.45) is 2.06. The second-order valence-electron chi connectivity index (χ2n) is 7.37. The van der Waals surface area contributed by atoms with Gasteiger partial charge in [-0.3, -0.25) is 9.59 Å². The maximum absolute atomic E-state index is 13.0. The number of hydrogen-bond donors (Lipinski definition) is 1. The number of aryl methyl sites for hydroxylation is 2. The number of benzene rings is 1. The van der Waals surface area contributed by atoms with E-state index in [1.807, 2.05) is 0 Å². The van der Waals surface area contributed by atoms with E-state index < -0.39 is 0 Å². The molecule has 2 aromatic rings. The Hall–Kier alpha value is -2.67. The molecular weight excluding hydrogens is 375 g/mol. The fourth-order valence-corrected chi connectivity index (χ4v) is 3.45. The Bertz CT molecular complexity index is 841. The van der Waals surface area contributed by atoms with Gasteiger partial charge in [-0.15, -0.1) is 0 Å². The van der Waals surface area contributed by atoms with Crippen molar-refractivity contribution in [1.29, 1.82) is 0 Å². The van der Waals surface area contributed by atoms with Crippen molar-refractivity contribution >= 4 is 11.8 Å². The summed E-state index contributed by atoms with van der Waals surface area (Å²) in [7, 11) is 0. The molecule has 3 rings (SSSR count). The predicted octanol–water partition coefficient (Wildman–Crippen LogP) is 3.36. The van der Waals surface area contributed by atoms with Crippen molar-refractivity contribution in [2.24, 2.45) is 0 Å². The molecule has 1 fully saturated rings. The first kappa shape index (κ1) is 21.0. The molecule has 1 atom stereocenters. The lowest BCUT2D eigenvalue weighted by Gasteiger charge is -2.25. The number of nitrogens with one attached hydrogen (secondary N) is 1. The molecule has 0 spiro atoms. The smallest absolute Gasteiger partial charge is 0.257 e. The van der Waals surface area contributed by atoms with E-state index in [0.29, 0.717) is 36.8 Å². The van der Waals surface area contributed by atoms with Gasteiger partial charge >= 0.3 is 0 Å². The van der Waals surface area contributed by atoms with Crippen LogP contribution < -0.4 is 5.32 Å². The average molecular weight is 402 g/mol. The van der Waals surface area contributed by atoms with Gasteiger partial charge < -0.3 is 19.4 Å². The van der Waals surface area contributed by atoms with Gasteiger partial charge in [0.25, 0.3) is 5.91 Å². The van der Waals surface area contributed by atoms with Crippen molar-refractivity contribution in [1.82, 2.24) is 10.2 Å². The van der Waals surface area contributed by atoms with Gasteiger partial charge in [-0.25, -0.2) is 4.39 Å². The molecule has 2 heterocycles. The van der Waals surface area contributed by atoms with E-state index in [1.54, 1.807) is 36.9 Å². The van der Waals surface area contributed by atoms with Gasteiger partial charge in [-0.05, 0) is 50.5 Å². The Kier molecular flexibility index (Phi) is 7.04. The third-order valence-electron chi connectivity index (χ3n) is 5.02.